The fourth-order valence-electron chi connectivity index (χ4n) is 2.32. The molecule has 2 aromatic carbocycles. The number of unbranched alkanes of at least 4 members (excludes halogenated alkanes) is 3. The molecule has 0 aliphatic rings. The van der Waals surface area contributed by atoms with Crippen molar-refractivity contribution >= 4 is 0 Å². The molecule has 100 valence electrons. The first-order valence-corrected chi connectivity index (χ1v) is 7.24. The fourth-order valence-corrected chi connectivity index (χ4v) is 2.32. The SMILES string of the molecule is NCCCCCCc1ccc(-c2ccccc2)cc1. The Labute approximate surface area is 116 Å². The topological polar surface area (TPSA) is 26.0 Å². The molecule has 0 atom stereocenters. The van der Waals surface area contributed by atoms with E-state index in [1.54, 1.807) is 0 Å². The van der Waals surface area contributed by atoms with Crippen molar-refractivity contribution in [3.63, 3.8) is 0 Å². The summed E-state index contributed by atoms with van der Waals surface area (Å²) in [5.74, 6) is 0. The van der Waals surface area contributed by atoms with Crippen LogP contribution in [0.25, 0.3) is 11.1 Å². The molecule has 0 saturated carbocycles. The summed E-state index contributed by atoms with van der Waals surface area (Å²) < 4.78 is 0. The molecule has 0 fully saturated rings. The van der Waals surface area contributed by atoms with Gasteiger partial charge in [0.25, 0.3) is 0 Å². The Kier molecular flexibility index (Phi) is 5.64. The molecule has 2 aromatic rings. The Hall–Kier alpha value is -1.60. The van der Waals surface area contributed by atoms with Gasteiger partial charge in [-0.3, -0.25) is 0 Å². The van der Waals surface area contributed by atoms with Crippen LogP contribution >= 0.6 is 0 Å². The van der Waals surface area contributed by atoms with Crippen LogP contribution in [0.5, 0.6) is 0 Å². The second-order valence-corrected chi connectivity index (χ2v) is 5.02. The molecule has 1 nitrogen and oxygen atoms in total. The molecule has 0 bridgehead atoms. The third-order valence-electron chi connectivity index (χ3n) is 3.48. The minimum Gasteiger partial charge on any atom is -0.330 e. The van der Waals surface area contributed by atoms with Crippen molar-refractivity contribution in [2.75, 3.05) is 6.54 Å². The van der Waals surface area contributed by atoms with Crippen LogP contribution in [0, 0.1) is 0 Å². The average molecular weight is 253 g/mol. The van der Waals surface area contributed by atoms with Crippen LogP contribution in [0.15, 0.2) is 54.6 Å². The highest BCUT2D eigenvalue weighted by molar-refractivity contribution is 5.63. The van der Waals surface area contributed by atoms with Gasteiger partial charge in [0.2, 0.25) is 0 Å². The molecule has 0 amide bonds. The Morgan fingerprint density at radius 2 is 1.26 bits per heavy atom. The summed E-state index contributed by atoms with van der Waals surface area (Å²) in [6.45, 7) is 0.825. The number of nitrogens with two attached hydrogens (primary N) is 1. The van der Waals surface area contributed by atoms with Crippen LogP contribution in [0.4, 0.5) is 0 Å². The Morgan fingerprint density at radius 1 is 0.632 bits per heavy atom. The van der Waals surface area contributed by atoms with Crippen molar-refractivity contribution in [3.8, 4) is 11.1 Å². The Morgan fingerprint density at radius 3 is 1.95 bits per heavy atom. The van der Waals surface area contributed by atoms with Gasteiger partial charge >= 0.3 is 0 Å². The zero-order valence-corrected chi connectivity index (χ0v) is 11.5. The molecule has 0 aliphatic heterocycles. The maximum atomic E-state index is 5.49. The van der Waals surface area contributed by atoms with Gasteiger partial charge in [-0.05, 0) is 42.5 Å². The maximum Gasteiger partial charge on any atom is -0.00773 e. The van der Waals surface area contributed by atoms with Crippen LogP contribution in [0.2, 0.25) is 0 Å². The van der Waals surface area contributed by atoms with E-state index in [9.17, 15) is 0 Å². The normalized spacial score (nSPS) is 10.6. The van der Waals surface area contributed by atoms with Crippen molar-refractivity contribution in [2.24, 2.45) is 5.73 Å². The number of hydrogen-bond donors (Lipinski definition) is 1. The van der Waals surface area contributed by atoms with E-state index in [0.717, 1.165) is 13.0 Å². The van der Waals surface area contributed by atoms with E-state index in [0.29, 0.717) is 0 Å². The van der Waals surface area contributed by atoms with Crippen LogP contribution in [0.1, 0.15) is 31.2 Å². The lowest BCUT2D eigenvalue weighted by Gasteiger charge is -2.05. The lowest BCUT2D eigenvalue weighted by atomic mass is 10.0. The van der Waals surface area contributed by atoms with Crippen LogP contribution in [-0.2, 0) is 6.42 Å². The predicted molar refractivity (Wildman–Crippen MR) is 83.1 cm³/mol. The molecule has 19 heavy (non-hydrogen) atoms. The van der Waals surface area contributed by atoms with Crippen molar-refractivity contribution < 1.29 is 0 Å². The molecule has 0 spiro atoms. The second kappa shape index (κ2) is 7.75. The molecule has 0 aliphatic carbocycles. The van der Waals surface area contributed by atoms with Gasteiger partial charge in [-0.2, -0.15) is 0 Å². The van der Waals surface area contributed by atoms with E-state index in [2.05, 4.69) is 54.6 Å². The largest absolute Gasteiger partial charge is 0.330 e. The summed E-state index contributed by atoms with van der Waals surface area (Å²) in [5, 5.41) is 0. The fraction of sp³-hybridized carbons (Fsp3) is 0.333. The van der Waals surface area contributed by atoms with Crippen LogP contribution < -0.4 is 5.73 Å². The smallest absolute Gasteiger partial charge is 0.00773 e. The van der Waals surface area contributed by atoms with Gasteiger partial charge < -0.3 is 5.73 Å². The number of aryl methyl sites for hydroxylation is 1. The first-order chi connectivity index (χ1) is 9.40. The molecule has 2 rings (SSSR count). The first-order valence-electron chi connectivity index (χ1n) is 7.24. The van der Waals surface area contributed by atoms with E-state index < -0.39 is 0 Å². The van der Waals surface area contributed by atoms with E-state index in [-0.39, 0.29) is 0 Å². The van der Waals surface area contributed by atoms with Gasteiger partial charge in [-0.25, -0.2) is 0 Å². The van der Waals surface area contributed by atoms with Gasteiger partial charge in [-0.15, -0.1) is 0 Å². The summed E-state index contributed by atoms with van der Waals surface area (Å²) in [4.78, 5) is 0. The van der Waals surface area contributed by atoms with Gasteiger partial charge in [0.1, 0.15) is 0 Å². The Bertz CT molecular complexity index is 459. The second-order valence-electron chi connectivity index (χ2n) is 5.02. The molecule has 0 heterocycles. The van der Waals surface area contributed by atoms with Gasteiger partial charge in [-0.1, -0.05) is 67.4 Å². The third kappa shape index (κ3) is 4.53. The summed E-state index contributed by atoms with van der Waals surface area (Å²) in [6, 6.07) is 19.5. The lowest BCUT2D eigenvalue weighted by molar-refractivity contribution is 0.647. The highest BCUT2D eigenvalue weighted by Gasteiger charge is 1.97. The monoisotopic (exact) mass is 253 g/mol. The minimum atomic E-state index is 0.825. The van der Waals surface area contributed by atoms with E-state index in [1.165, 1.54) is 42.4 Å². The summed E-state index contributed by atoms with van der Waals surface area (Å²) in [5.41, 5.74) is 9.52. The molecule has 0 unspecified atom stereocenters. The predicted octanol–water partition coefficient (Wildman–Crippen LogP) is 4.42. The highest BCUT2D eigenvalue weighted by Crippen LogP contribution is 2.20. The van der Waals surface area contributed by atoms with Crippen molar-refractivity contribution in [1.82, 2.24) is 0 Å². The zero-order chi connectivity index (χ0) is 13.3. The summed E-state index contributed by atoms with van der Waals surface area (Å²) >= 11 is 0. The molecule has 0 radical (unpaired) electrons. The average Bonchev–Trinajstić information content (AvgIpc) is 2.49. The molecule has 0 saturated heterocycles. The van der Waals surface area contributed by atoms with Crippen molar-refractivity contribution in [2.45, 2.75) is 32.1 Å². The van der Waals surface area contributed by atoms with Gasteiger partial charge in [0.15, 0.2) is 0 Å². The van der Waals surface area contributed by atoms with E-state index in [1.807, 2.05) is 0 Å². The number of hydrogen-bond acceptors (Lipinski definition) is 1. The van der Waals surface area contributed by atoms with E-state index >= 15 is 0 Å². The van der Waals surface area contributed by atoms with Crippen molar-refractivity contribution in [3.05, 3.63) is 60.2 Å². The molecular weight excluding hydrogens is 230 g/mol. The van der Waals surface area contributed by atoms with Crippen LogP contribution in [-0.4, -0.2) is 6.54 Å². The summed E-state index contributed by atoms with van der Waals surface area (Å²) in [7, 11) is 0. The van der Waals surface area contributed by atoms with Crippen molar-refractivity contribution in [1.29, 1.82) is 0 Å². The molecule has 0 aromatic heterocycles. The highest BCUT2D eigenvalue weighted by atomic mass is 14.5. The quantitative estimate of drug-likeness (QED) is 0.726. The number of rotatable bonds is 7. The summed E-state index contributed by atoms with van der Waals surface area (Å²) in [6.07, 6.45) is 6.16. The van der Waals surface area contributed by atoms with E-state index in [4.69, 9.17) is 5.73 Å². The lowest BCUT2D eigenvalue weighted by Crippen LogP contribution is -1.97. The zero-order valence-electron chi connectivity index (χ0n) is 11.5. The standard InChI is InChI=1S/C18H23N/c19-15-7-2-1-4-8-16-11-13-18(14-12-16)17-9-5-3-6-10-17/h3,5-6,9-14H,1-2,4,7-8,15,19H2. The van der Waals surface area contributed by atoms with Crippen LogP contribution in [0.3, 0.4) is 0 Å². The number of benzene rings is 2. The molecule has 1 heteroatoms. The third-order valence-corrected chi connectivity index (χ3v) is 3.48. The molecular formula is C18H23N. The minimum absolute atomic E-state index is 0.825. The molecule has 2 N–H and O–H groups in total. The van der Waals surface area contributed by atoms with Gasteiger partial charge in [0.05, 0.1) is 0 Å². The van der Waals surface area contributed by atoms with Gasteiger partial charge in [0, 0.05) is 0 Å². The maximum absolute atomic E-state index is 5.49. The Balaban J connectivity index is 1.85. The first kappa shape index (κ1) is 13.8.